The Bertz CT molecular complexity index is 1110. The lowest BCUT2D eigenvalue weighted by Gasteiger charge is -2.18. The molecule has 4 rings (SSSR count). The van der Waals surface area contributed by atoms with E-state index in [2.05, 4.69) is 25.3 Å². The first-order valence-electron chi connectivity index (χ1n) is 10.9. The fraction of sp³-hybridized carbons (Fsp3) is 0.391. The van der Waals surface area contributed by atoms with Crippen LogP contribution in [0.3, 0.4) is 0 Å². The number of aromatic nitrogens is 3. The second kappa shape index (κ2) is 10.1. The molecule has 0 unspecified atom stereocenters. The molecule has 3 aromatic rings. The summed E-state index contributed by atoms with van der Waals surface area (Å²) in [6.07, 6.45) is 7.40. The van der Waals surface area contributed by atoms with Gasteiger partial charge in [-0.1, -0.05) is 18.9 Å². The third-order valence-electron chi connectivity index (χ3n) is 5.49. The van der Waals surface area contributed by atoms with Gasteiger partial charge in [-0.15, -0.1) is 0 Å². The molecule has 0 saturated heterocycles. The summed E-state index contributed by atoms with van der Waals surface area (Å²) >= 11 is 0. The second-order valence-electron chi connectivity index (χ2n) is 7.84. The normalized spacial score (nSPS) is 16.4. The average molecular weight is 437 g/mol. The summed E-state index contributed by atoms with van der Waals surface area (Å²) in [6.45, 7) is 1.69. The first-order chi connectivity index (χ1) is 15.6. The van der Waals surface area contributed by atoms with Crippen molar-refractivity contribution in [2.24, 2.45) is 4.99 Å². The molecule has 0 atom stereocenters. The topological polar surface area (TPSA) is 116 Å². The van der Waals surface area contributed by atoms with Crippen molar-refractivity contribution in [3.05, 3.63) is 36.2 Å². The van der Waals surface area contributed by atoms with Crippen LogP contribution in [0.1, 0.15) is 37.7 Å². The van der Waals surface area contributed by atoms with Gasteiger partial charge in [0, 0.05) is 38.8 Å². The zero-order valence-corrected chi connectivity index (χ0v) is 18.2. The highest BCUT2D eigenvalue weighted by atomic mass is 16.5. The van der Waals surface area contributed by atoms with Crippen LogP contribution in [0.4, 0.5) is 11.5 Å². The monoisotopic (exact) mass is 436 g/mol. The van der Waals surface area contributed by atoms with Crippen LogP contribution in [0.5, 0.6) is 11.6 Å². The van der Waals surface area contributed by atoms with Gasteiger partial charge in [-0.25, -0.2) is 9.97 Å². The minimum Gasteiger partial charge on any atom is -0.494 e. The van der Waals surface area contributed by atoms with E-state index in [0.717, 1.165) is 37.1 Å². The molecule has 1 amide bonds. The molecule has 0 radical (unpaired) electrons. The number of nitrogens with one attached hydrogen (secondary N) is 2. The molecular formula is C23H28N6O3. The predicted molar refractivity (Wildman–Crippen MR) is 124 cm³/mol. The first-order valence-corrected chi connectivity index (χ1v) is 10.9. The zero-order chi connectivity index (χ0) is 22.3. The van der Waals surface area contributed by atoms with Crippen molar-refractivity contribution in [1.29, 1.82) is 0 Å². The van der Waals surface area contributed by atoms with E-state index in [-0.39, 0.29) is 11.8 Å². The molecule has 0 aliphatic carbocycles. The van der Waals surface area contributed by atoms with Gasteiger partial charge in [-0.05, 0) is 25.0 Å². The molecule has 1 aromatic carbocycles. The highest BCUT2D eigenvalue weighted by Crippen LogP contribution is 2.30. The van der Waals surface area contributed by atoms with Gasteiger partial charge in [-0.3, -0.25) is 9.79 Å². The van der Waals surface area contributed by atoms with E-state index in [4.69, 9.17) is 4.74 Å². The Hall–Kier alpha value is -3.62. The SMILES string of the molecule is CN1CCNc2ncnc3[nH]c(O)c(c23)C=Nc2cccc(c2)OCCCCCCC1=O. The molecule has 32 heavy (non-hydrogen) atoms. The molecule has 2 aromatic heterocycles. The number of benzene rings is 1. The van der Waals surface area contributed by atoms with Crippen molar-refractivity contribution in [2.45, 2.75) is 32.1 Å². The number of hydrogen-bond acceptors (Lipinski definition) is 7. The van der Waals surface area contributed by atoms with Crippen molar-refractivity contribution >= 4 is 34.7 Å². The minimum atomic E-state index is -0.0332. The molecule has 0 saturated carbocycles. The fourth-order valence-electron chi connectivity index (χ4n) is 3.67. The van der Waals surface area contributed by atoms with Gasteiger partial charge < -0.3 is 25.0 Å². The maximum atomic E-state index is 12.4. The number of fused-ring (bicyclic) bond motifs is 2. The Morgan fingerprint density at radius 2 is 2.03 bits per heavy atom. The number of anilines is 1. The number of H-pyrrole nitrogens is 1. The molecule has 1 aliphatic heterocycles. The number of aromatic amines is 1. The number of rotatable bonds is 0. The molecule has 3 N–H and O–H groups in total. The first kappa shape index (κ1) is 21.6. The van der Waals surface area contributed by atoms with E-state index in [1.165, 1.54) is 6.33 Å². The molecule has 168 valence electrons. The van der Waals surface area contributed by atoms with Crippen LogP contribution in [0.2, 0.25) is 0 Å². The van der Waals surface area contributed by atoms with Gasteiger partial charge in [0.1, 0.15) is 23.5 Å². The molecular weight excluding hydrogens is 408 g/mol. The Morgan fingerprint density at radius 1 is 1.16 bits per heavy atom. The summed E-state index contributed by atoms with van der Waals surface area (Å²) < 4.78 is 5.85. The van der Waals surface area contributed by atoms with Crippen LogP contribution in [0, 0.1) is 0 Å². The predicted octanol–water partition coefficient (Wildman–Crippen LogP) is 3.63. The van der Waals surface area contributed by atoms with Crippen molar-refractivity contribution in [1.82, 2.24) is 19.9 Å². The number of amides is 1. The van der Waals surface area contributed by atoms with Crippen molar-refractivity contribution in [3.63, 3.8) is 0 Å². The molecule has 9 nitrogen and oxygen atoms in total. The third kappa shape index (κ3) is 5.16. The zero-order valence-electron chi connectivity index (χ0n) is 18.2. The Balaban J connectivity index is 1.64. The second-order valence-corrected chi connectivity index (χ2v) is 7.84. The third-order valence-corrected chi connectivity index (χ3v) is 5.49. The van der Waals surface area contributed by atoms with Crippen molar-refractivity contribution in [2.75, 3.05) is 32.1 Å². The van der Waals surface area contributed by atoms with Crippen LogP contribution < -0.4 is 10.1 Å². The maximum Gasteiger partial charge on any atom is 0.222 e. The van der Waals surface area contributed by atoms with Gasteiger partial charge in [0.2, 0.25) is 5.91 Å². The minimum absolute atomic E-state index is 0.0332. The van der Waals surface area contributed by atoms with Crippen LogP contribution in [-0.2, 0) is 4.79 Å². The number of likely N-dealkylation sites (N-methyl/N-ethyl adjacent to an activating group) is 1. The lowest BCUT2D eigenvalue weighted by Crippen LogP contribution is -2.31. The number of ether oxygens (including phenoxy) is 1. The molecule has 1 aliphatic rings. The largest absolute Gasteiger partial charge is 0.494 e. The van der Waals surface area contributed by atoms with Crippen molar-refractivity contribution in [3.8, 4) is 11.6 Å². The van der Waals surface area contributed by atoms with E-state index in [0.29, 0.717) is 48.5 Å². The molecule has 9 heteroatoms. The van der Waals surface area contributed by atoms with Gasteiger partial charge >= 0.3 is 0 Å². The smallest absolute Gasteiger partial charge is 0.222 e. The number of carbonyl (C=O) groups is 1. The molecule has 3 heterocycles. The van der Waals surface area contributed by atoms with Crippen LogP contribution in [0.25, 0.3) is 11.0 Å². The summed E-state index contributed by atoms with van der Waals surface area (Å²) in [7, 11) is 1.81. The van der Waals surface area contributed by atoms with Gasteiger partial charge in [0.15, 0.2) is 5.88 Å². The Labute approximate surface area is 186 Å². The highest BCUT2D eigenvalue weighted by molar-refractivity contribution is 6.06. The standard InChI is InChI=1S/C23H28N6O3/c1-29-11-10-24-21-20-18(23(31)28-22(20)27-15-26-21)14-25-16-7-6-8-17(13-16)32-12-5-3-2-4-9-19(29)30/h6-8,13-15,31H,2-5,9-12H2,1H3,(H2,24,26,27,28). The van der Waals surface area contributed by atoms with Crippen molar-refractivity contribution < 1.29 is 14.6 Å². The Kier molecular flexibility index (Phi) is 6.84. The summed E-state index contributed by atoms with van der Waals surface area (Å²) in [5, 5.41) is 14.3. The summed E-state index contributed by atoms with van der Waals surface area (Å²) in [4.78, 5) is 30.1. The summed E-state index contributed by atoms with van der Waals surface area (Å²) in [6, 6.07) is 7.54. The van der Waals surface area contributed by atoms with Gasteiger partial charge in [-0.2, -0.15) is 0 Å². The van der Waals surface area contributed by atoms with E-state index >= 15 is 0 Å². The van der Waals surface area contributed by atoms with E-state index in [9.17, 15) is 9.90 Å². The number of aromatic hydroxyl groups is 1. The van der Waals surface area contributed by atoms with Crippen LogP contribution in [-0.4, -0.2) is 63.8 Å². The number of carbonyl (C=O) groups excluding carboxylic acids is 1. The van der Waals surface area contributed by atoms with Crippen LogP contribution in [0.15, 0.2) is 35.6 Å². The number of nitrogens with zero attached hydrogens (tertiary/aromatic N) is 4. The quantitative estimate of drug-likeness (QED) is 0.496. The fourth-order valence-corrected chi connectivity index (χ4v) is 3.67. The highest BCUT2D eigenvalue weighted by Gasteiger charge is 2.16. The van der Waals surface area contributed by atoms with E-state index in [1.54, 1.807) is 11.1 Å². The molecule has 0 fully saturated rings. The van der Waals surface area contributed by atoms with E-state index in [1.807, 2.05) is 31.3 Å². The Morgan fingerprint density at radius 3 is 2.94 bits per heavy atom. The lowest BCUT2D eigenvalue weighted by molar-refractivity contribution is -0.129. The average Bonchev–Trinajstić information content (AvgIpc) is 3.12. The number of hydrogen-bond donors (Lipinski definition) is 3. The summed E-state index contributed by atoms with van der Waals surface area (Å²) in [5.74, 6) is 1.42. The van der Waals surface area contributed by atoms with Crippen LogP contribution >= 0.6 is 0 Å². The van der Waals surface area contributed by atoms with Gasteiger partial charge in [0.25, 0.3) is 0 Å². The maximum absolute atomic E-state index is 12.4. The van der Waals surface area contributed by atoms with Gasteiger partial charge in [0.05, 0.1) is 23.2 Å². The molecule has 0 spiro atoms. The summed E-state index contributed by atoms with van der Waals surface area (Å²) in [5.41, 5.74) is 1.72. The van der Waals surface area contributed by atoms with E-state index < -0.39 is 0 Å². The number of aliphatic imine (C=N–C) groups is 1. The lowest BCUT2D eigenvalue weighted by atomic mass is 10.1. The molecule has 2 bridgehead atoms.